The molecule has 18 heavy (non-hydrogen) atoms. The number of hydrogen-bond donors (Lipinski definition) is 1. The van der Waals surface area contributed by atoms with Crippen molar-refractivity contribution >= 4 is 29.3 Å². The van der Waals surface area contributed by atoms with Crippen LogP contribution >= 0.6 is 23.2 Å². The van der Waals surface area contributed by atoms with Crippen LogP contribution in [0.5, 0.6) is 0 Å². The molecule has 1 rings (SSSR count). The van der Waals surface area contributed by atoms with Crippen molar-refractivity contribution in [3.05, 3.63) is 33.8 Å². The first-order chi connectivity index (χ1) is 8.51. The van der Waals surface area contributed by atoms with Gasteiger partial charge in [-0.3, -0.25) is 0 Å². The molecule has 0 aliphatic heterocycles. The topological polar surface area (TPSA) is 47.6 Å². The average Bonchev–Trinajstić information content (AvgIpc) is 2.33. The van der Waals surface area contributed by atoms with Crippen molar-refractivity contribution in [1.29, 1.82) is 0 Å². The van der Waals surface area contributed by atoms with Crippen LogP contribution in [0.25, 0.3) is 0 Å². The summed E-state index contributed by atoms with van der Waals surface area (Å²) < 4.78 is 10.5. The van der Waals surface area contributed by atoms with E-state index < -0.39 is 18.3 Å². The maximum absolute atomic E-state index is 11.2. The summed E-state index contributed by atoms with van der Waals surface area (Å²) >= 11 is 12.2. The smallest absolute Gasteiger partial charge is 0.407 e. The molecule has 0 saturated heterocycles. The number of amides is 1. The van der Waals surface area contributed by atoms with Crippen LogP contribution in [0.3, 0.4) is 0 Å². The Kier molecular flexibility index (Phi) is 5.72. The molecule has 1 aromatic carbocycles. The highest BCUT2D eigenvalue weighted by Gasteiger charge is 2.26. The molecule has 1 N–H and O–H groups in total. The number of nitrogens with one attached hydrogen (secondary N) is 1. The Hall–Kier alpha value is -0.970. The van der Waals surface area contributed by atoms with Crippen molar-refractivity contribution in [2.75, 3.05) is 14.2 Å². The first kappa shape index (κ1) is 15.1. The summed E-state index contributed by atoms with van der Waals surface area (Å²) in [7, 11) is 2.99. The van der Waals surface area contributed by atoms with E-state index in [1.165, 1.54) is 14.2 Å². The van der Waals surface area contributed by atoms with Crippen molar-refractivity contribution in [3.63, 3.8) is 0 Å². The summed E-state index contributed by atoms with van der Waals surface area (Å²) in [4.78, 5) is 11.2. The fraction of sp³-hybridized carbons (Fsp3) is 0.417. The van der Waals surface area contributed by atoms with Gasteiger partial charge >= 0.3 is 6.09 Å². The molecule has 0 spiro atoms. The van der Waals surface area contributed by atoms with E-state index in [-0.39, 0.29) is 0 Å². The number of alkyl carbamates (subject to hydrolysis) is 1. The lowest BCUT2D eigenvalue weighted by Gasteiger charge is -2.24. The molecule has 0 heterocycles. The van der Waals surface area contributed by atoms with Gasteiger partial charge in [0, 0.05) is 29.8 Å². The molecule has 2 atom stereocenters. The monoisotopic (exact) mass is 291 g/mol. The Balaban J connectivity index is 2.99. The zero-order chi connectivity index (χ0) is 13.7. The van der Waals surface area contributed by atoms with Crippen molar-refractivity contribution in [1.82, 2.24) is 5.32 Å². The number of methoxy groups -OCH3 is 1. The van der Waals surface area contributed by atoms with E-state index in [2.05, 4.69) is 5.32 Å². The first-order valence-corrected chi connectivity index (χ1v) is 6.12. The molecule has 0 fully saturated rings. The number of hydrogen-bond acceptors (Lipinski definition) is 3. The van der Waals surface area contributed by atoms with Crippen LogP contribution in [0.2, 0.25) is 10.0 Å². The van der Waals surface area contributed by atoms with Crippen LogP contribution in [-0.4, -0.2) is 26.4 Å². The molecule has 0 saturated carbocycles. The van der Waals surface area contributed by atoms with Gasteiger partial charge in [0.2, 0.25) is 0 Å². The highest BCUT2D eigenvalue weighted by Crippen LogP contribution is 2.34. The maximum Gasteiger partial charge on any atom is 0.407 e. The summed E-state index contributed by atoms with van der Waals surface area (Å²) in [6.07, 6.45) is -1.58. The molecule has 0 unspecified atom stereocenters. The van der Waals surface area contributed by atoms with E-state index in [0.29, 0.717) is 15.6 Å². The number of benzene rings is 1. The Labute approximate surface area is 116 Å². The van der Waals surface area contributed by atoms with Gasteiger partial charge in [0.05, 0.1) is 0 Å². The molecular weight excluding hydrogens is 277 g/mol. The molecule has 4 nitrogen and oxygen atoms in total. The lowest BCUT2D eigenvalue weighted by Crippen LogP contribution is -2.29. The highest BCUT2D eigenvalue weighted by atomic mass is 35.5. The van der Waals surface area contributed by atoms with Crippen LogP contribution < -0.4 is 5.32 Å². The number of carbonyl (C=O) groups is 1. The van der Waals surface area contributed by atoms with E-state index >= 15 is 0 Å². The van der Waals surface area contributed by atoms with E-state index in [1.54, 1.807) is 25.1 Å². The normalized spacial score (nSPS) is 13.8. The van der Waals surface area contributed by atoms with Crippen LogP contribution in [0, 0.1) is 0 Å². The van der Waals surface area contributed by atoms with Gasteiger partial charge in [-0.15, -0.1) is 0 Å². The van der Waals surface area contributed by atoms with Gasteiger partial charge in [-0.25, -0.2) is 4.79 Å². The minimum atomic E-state index is -0.535. The number of carbonyl (C=O) groups excluding carboxylic acids is 1. The number of rotatable bonds is 4. The second kappa shape index (κ2) is 6.83. The predicted octanol–water partition coefficient (Wildman–Crippen LogP) is 3.43. The van der Waals surface area contributed by atoms with Gasteiger partial charge < -0.3 is 14.8 Å². The summed E-state index contributed by atoms with van der Waals surface area (Å²) in [5, 5.41) is 3.32. The molecule has 0 aliphatic rings. The van der Waals surface area contributed by atoms with Gasteiger partial charge in [0.25, 0.3) is 0 Å². The molecule has 0 radical (unpaired) electrons. The second-order valence-electron chi connectivity index (χ2n) is 3.65. The minimum Gasteiger partial charge on any atom is -0.443 e. The molecule has 0 aromatic heterocycles. The Morgan fingerprint density at radius 3 is 2.33 bits per heavy atom. The van der Waals surface area contributed by atoms with Gasteiger partial charge in [-0.1, -0.05) is 29.3 Å². The van der Waals surface area contributed by atoms with Gasteiger partial charge in [-0.2, -0.15) is 0 Å². The van der Waals surface area contributed by atoms with E-state index in [9.17, 15) is 4.79 Å². The van der Waals surface area contributed by atoms with Crippen LogP contribution in [-0.2, 0) is 9.47 Å². The third-order valence-corrected chi connectivity index (χ3v) is 3.12. The van der Waals surface area contributed by atoms with Gasteiger partial charge in [0.1, 0.15) is 12.2 Å². The quantitative estimate of drug-likeness (QED) is 0.925. The fourth-order valence-electron chi connectivity index (χ4n) is 1.62. The van der Waals surface area contributed by atoms with Gasteiger partial charge in [0.15, 0.2) is 0 Å². The number of halogens is 2. The third-order valence-electron chi connectivity index (χ3n) is 2.46. The summed E-state index contributed by atoms with van der Waals surface area (Å²) in [6, 6.07) is 5.16. The lowest BCUT2D eigenvalue weighted by atomic mass is 10.0. The Bertz CT molecular complexity index is 406. The first-order valence-electron chi connectivity index (χ1n) is 5.36. The van der Waals surface area contributed by atoms with Crippen molar-refractivity contribution in [2.24, 2.45) is 0 Å². The molecule has 0 aliphatic carbocycles. The summed E-state index contributed by atoms with van der Waals surface area (Å²) in [5.74, 6) is 0. The van der Waals surface area contributed by atoms with Crippen molar-refractivity contribution in [2.45, 2.75) is 19.1 Å². The van der Waals surface area contributed by atoms with Gasteiger partial charge in [-0.05, 0) is 19.1 Å². The van der Waals surface area contributed by atoms with Crippen LogP contribution in [0.4, 0.5) is 4.79 Å². The van der Waals surface area contributed by atoms with Crippen LogP contribution in [0.15, 0.2) is 18.2 Å². The zero-order valence-corrected chi connectivity index (χ0v) is 11.9. The molecule has 100 valence electrons. The Morgan fingerprint density at radius 1 is 1.33 bits per heavy atom. The summed E-state index contributed by atoms with van der Waals surface area (Å²) in [6.45, 7) is 1.71. The number of ether oxygens (including phenoxy) is 2. The lowest BCUT2D eigenvalue weighted by molar-refractivity contribution is -0.0142. The second-order valence-corrected chi connectivity index (χ2v) is 4.47. The molecule has 0 bridgehead atoms. The minimum absolute atomic E-state index is 0.474. The summed E-state index contributed by atoms with van der Waals surface area (Å²) in [5.41, 5.74) is 0.611. The average molecular weight is 292 g/mol. The van der Waals surface area contributed by atoms with E-state index in [0.717, 1.165) is 0 Å². The molecular formula is C12H15Cl2NO3. The third kappa shape index (κ3) is 3.51. The zero-order valence-electron chi connectivity index (χ0n) is 10.4. The van der Waals surface area contributed by atoms with Crippen molar-refractivity contribution in [3.8, 4) is 0 Å². The standard InChI is InChI=1S/C12H15Cl2NO3/c1-7(18-12(16)15-2)11(17-3)10-8(13)5-4-6-9(10)14/h4-7,11H,1-3H3,(H,15,16)/t7-,11+/m0/s1. The molecule has 6 heteroatoms. The molecule has 1 amide bonds. The highest BCUT2D eigenvalue weighted by molar-refractivity contribution is 6.36. The van der Waals surface area contributed by atoms with E-state index in [1.807, 2.05) is 0 Å². The van der Waals surface area contributed by atoms with E-state index in [4.69, 9.17) is 32.7 Å². The van der Waals surface area contributed by atoms with Crippen molar-refractivity contribution < 1.29 is 14.3 Å². The maximum atomic E-state index is 11.2. The SMILES string of the molecule is CNC(=O)O[C@@H](C)[C@@H](OC)c1c(Cl)cccc1Cl. The van der Waals surface area contributed by atoms with Crippen LogP contribution in [0.1, 0.15) is 18.6 Å². The molecule has 1 aromatic rings. The largest absolute Gasteiger partial charge is 0.443 e. The predicted molar refractivity (Wildman–Crippen MR) is 71.2 cm³/mol. The Morgan fingerprint density at radius 2 is 1.89 bits per heavy atom. The fourth-order valence-corrected chi connectivity index (χ4v) is 2.23.